The summed E-state index contributed by atoms with van der Waals surface area (Å²) in [5, 5.41) is 107. The molecule has 8 rings (SSSR count). The maximum Gasteiger partial charge on any atom is 0.335 e. The molecule has 73 heavy (non-hydrogen) atoms. The van der Waals surface area contributed by atoms with Crippen LogP contribution in [-0.4, -0.2) is 199 Å². The normalized spacial score (nSPS) is 49.3. The van der Waals surface area contributed by atoms with Crippen molar-refractivity contribution in [2.24, 2.45) is 46.3 Å². The molecule has 4 saturated heterocycles. The number of hydrogen-bond acceptors (Lipinski definition) is 21. The summed E-state index contributed by atoms with van der Waals surface area (Å²) in [5.74, 6) is -3.47. The molecule has 10 N–H and O–H groups in total. The Morgan fingerprint density at radius 3 is 2.27 bits per heavy atom. The third-order valence-corrected chi connectivity index (χ3v) is 18.7. The maximum absolute atomic E-state index is 13.3. The summed E-state index contributed by atoms with van der Waals surface area (Å²) in [6, 6.07) is 0. The lowest BCUT2D eigenvalue weighted by Crippen LogP contribution is -2.64. The van der Waals surface area contributed by atoms with Crippen LogP contribution in [0.5, 0.6) is 0 Å². The van der Waals surface area contributed by atoms with Gasteiger partial charge in [-0.1, -0.05) is 64.8 Å². The van der Waals surface area contributed by atoms with E-state index >= 15 is 0 Å². The molecule has 0 aromatic rings. The van der Waals surface area contributed by atoms with Crippen LogP contribution in [0.3, 0.4) is 0 Å². The summed E-state index contributed by atoms with van der Waals surface area (Å²) >= 11 is 0. The van der Waals surface area contributed by atoms with Gasteiger partial charge in [0.15, 0.2) is 49.1 Å². The minimum atomic E-state index is -1.78. The van der Waals surface area contributed by atoms with Crippen LogP contribution < -0.4 is 0 Å². The van der Waals surface area contributed by atoms with Crippen LogP contribution in [0.15, 0.2) is 23.8 Å². The van der Waals surface area contributed by atoms with Crippen LogP contribution in [0.4, 0.5) is 0 Å². The highest BCUT2D eigenvalue weighted by Crippen LogP contribution is 2.70. The first-order valence-corrected chi connectivity index (χ1v) is 26.4. The van der Waals surface area contributed by atoms with Crippen molar-refractivity contribution in [3.05, 3.63) is 23.8 Å². The summed E-state index contributed by atoms with van der Waals surface area (Å²) in [6.45, 7) is 15.7. The predicted octanol–water partition coefficient (Wildman–Crippen LogP) is 0.227. The van der Waals surface area contributed by atoms with Crippen LogP contribution in [-0.2, 0) is 52.2 Å². The zero-order valence-electron chi connectivity index (χ0n) is 43.1. The fourth-order valence-corrected chi connectivity index (χ4v) is 14.2. The number of aliphatic hydroxyl groups is 10. The summed E-state index contributed by atoms with van der Waals surface area (Å²) in [5.41, 5.74) is 0.763. The third-order valence-electron chi connectivity index (χ3n) is 18.7. The van der Waals surface area contributed by atoms with E-state index in [1.165, 1.54) is 6.92 Å². The summed E-state index contributed by atoms with van der Waals surface area (Å²) in [7, 11) is 0. The molecule has 0 aromatic heterocycles. The topological polar surface area (TPSA) is 320 Å². The number of esters is 2. The highest BCUT2D eigenvalue weighted by atomic mass is 16.8. The molecule has 4 aliphatic heterocycles. The Morgan fingerprint density at radius 2 is 1.59 bits per heavy atom. The second-order valence-corrected chi connectivity index (χ2v) is 23.1. The van der Waals surface area contributed by atoms with E-state index in [2.05, 4.69) is 26.5 Å². The quantitative estimate of drug-likeness (QED) is 0.0731. The Balaban J connectivity index is 0.989. The Kier molecular flexibility index (Phi) is 17.3. The largest absolute Gasteiger partial charge is 0.455 e. The second kappa shape index (κ2) is 22.2. The molecule has 21 nitrogen and oxygen atoms in total. The Bertz CT molecular complexity index is 1990. The highest BCUT2D eigenvalue weighted by Gasteiger charge is 2.69. The number of fused-ring (bicyclic) bond motifs is 7. The molecule has 0 amide bonds. The lowest BCUT2D eigenvalue weighted by molar-refractivity contribution is -0.363. The summed E-state index contributed by atoms with van der Waals surface area (Å²) in [6.07, 6.45) is -16.5. The molecule has 0 bridgehead atoms. The van der Waals surface area contributed by atoms with E-state index in [1.54, 1.807) is 13.8 Å². The first kappa shape index (κ1) is 56.9. The zero-order valence-corrected chi connectivity index (χ0v) is 43.1. The summed E-state index contributed by atoms with van der Waals surface area (Å²) < 4.78 is 55.1. The van der Waals surface area contributed by atoms with E-state index in [4.69, 9.17) is 42.6 Å². The van der Waals surface area contributed by atoms with Crippen LogP contribution >= 0.6 is 0 Å². The molecule has 4 aliphatic carbocycles. The monoisotopic (exact) mass is 1040 g/mol. The van der Waals surface area contributed by atoms with Crippen molar-refractivity contribution in [3.63, 3.8) is 0 Å². The molecule has 4 heterocycles. The molecule has 21 heteroatoms. The minimum Gasteiger partial charge on any atom is -0.455 e. The number of ether oxygens (including phenoxy) is 9. The van der Waals surface area contributed by atoms with Crippen LogP contribution in [0, 0.1) is 46.3 Å². The van der Waals surface area contributed by atoms with E-state index < -0.39 is 140 Å². The Morgan fingerprint density at radius 1 is 0.890 bits per heavy atom. The standard InChI is InChI=1S/C52H82O21/c1-9-23(3)37(56)46(63)69-34-21-66-49(45(44(34)68-26(6)54)72-48-43(62)40(59)38(57)25(5)67-48)71-35-17-28(55)16-27-10-11-29-30(51(27,35)8)13-14-50(7)31(29)18-32-36(50)24(4)52(64,73-32)15-12-22(2)20-65-47-42(61)41(60)39(58)33(19-53)70-47/h10,23-25,28-45,47-49,53,55-62,64H,2,9,11-21H2,1,3-8H3. The van der Waals surface area contributed by atoms with Gasteiger partial charge in [-0.2, -0.15) is 0 Å². The smallest absolute Gasteiger partial charge is 0.335 e. The average molecular weight is 1040 g/mol. The lowest BCUT2D eigenvalue weighted by Gasteiger charge is -2.60. The van der Waals surface area contributed by atoms with Gasteiger partial charge < -0.3 is 93.7 Å². The number of allylic oxidation sites excluding steroid dienone is 1. The van der Waals surface area contributed by atoms with Gasteiger partial charge in [-0.25, -0.2) is 4.79 Å². The fourth-order valence-electron chi connectivity index (χ4n) is 14.2. The first-order chi connectivity index (χ1) is 34.4. The van der Waals surface area contributed by atoms with Crippen molar-refractivity contribution < 1.29 is 103 Å². The number of aliphatic hydroxyl groups excluding tert-OH is 9. The molecule has 7 fully saturated rings. The van der Waals surface area contributed by atoms with Gasteiger partial charge in [0.1, 0.15) is 42.7 Å². The number of rotatable bonds is 16. The molecule has 27 atom stereocenters. The van der Waals surface area contributed by atoms with E-state index in [1.807, 2.05) is 6.92 Å². The van der Waals surface area contributed by atoms with Gasteiger partial charge in [0.05, 0.1) is 44.2 Å². The zero-order chi connectivity index (χ0) is 53.2. The fraction of sp³-hybridized carbons (Fsp3) is 0.885. The van der Waals surface area contributed by atoms with Crippen molar-refractivity contribution in [1.29, 1.82) is 0 Å². The number of carbonyl (C=O) groups excluding carboxylic acids is 2. The number of hydrogen-bond donors (Lipinski definition) is 10. The van der Waals surface area contributed by atoms with E-state index in [0.717, 1.165) is 31.8 Å². The van der Waals surface area contributed by atoms with E-state index in [-0.39, 0.29) is 67.2 Å². The molecule has 416 valence electrons. The van der Waals surface area contributed by atoms with Crippen molar-refractivity contribution in [3.8, 4) is 0 Å². The molecule has 8 aliphatic rings. The minimum absolute atomic E-state index is 0.0280. The molecule has 0 aromatic carbocycles. The number of carbonyl (C=O) groups is 2. The van der Waals surface area contributed by atoms with Crippen LogP contribution in [0.2, 0.25) is 0 Å². The van der Waals surface area contributed by atoms with Crippen LogP contribution in [0.1, 0.15) is 106 Å². The van der Waals surface area contributed by atoms with Gasteiger partial charge in [-0.05, 0) is 80.5 Å². The predicted molar refractivity (Wildman–Crippen MR) is 252 cm³/mol. The first-order valence-electron chi connectivity index (χ1n) is 26.4. The second-order valence-electron chi connectivity index (χ2n) is 23.1. The summed E-state index contributed by atoms with van der Waals surface area (Å²) in [4.78, 5) is 26.1. The van der Waals surface area contributed by atoms with Crippen molar-refractivity contribution >= 4 is 11.9 Å². The van der Waals surface area contributed by atoms with Gasteiger partial charge in [0.25, 0.3) is 0 Å². The van der Waals surface area contributed by atoms with Crippen molar-refractivity contribution in [2.75, 3.05) is 19.8 Å². The molecule has 0 radical (unpaired) electrons. The Labute approximate surface area is 426 Å². The van der Waals surface area contributed by atoms with Gasteiger partial charge in [0, 0.05) is 31.1 Å². The van der Waals surface area contributed by atoms with Crippen molar-refractivity contribution in [1.82, 2.24) is 0 Å². The van der Waals surface area contributed by atoms with Gasteiger partial charge in [0.2, 0.25) is 0 Å². The molecular formula is C52H82O21. The van der Waals surface area contributed by atoms with E-state index in [0.29, 0.717) is 31.3 Å². The Hall–Kier alpha value is -2.26. The molecule has 0 spiro atoms. The van der Waals surface area contributed by atoms with Gasteiger partial charge >= 0.3 is 11.9 Å². The maximum atomic E-state index is 13.3. The lowest BCUT2D eigenvalue weighted by atomic mass is 9.46. The molecule has 3 saturated carbocycles. The van der Waals surface area contributed by atoms with Crippen molar-refractivity contribution in [2.45, 2.75) is 222 Å². The van der Waals surface area contributed by atoms with Crippen LogP contribution in [0.25, 0.3) is 0 Å². The molecule has 27 unspecified atom stereocenters. The highest BCUT2D eigenvalue weighted by molar-refractivity contribution is 5.75. The average Bonchev–Trinajstić information content (AvgIpc) is 3.79. The van der Waals surface area contributed by atoms with E-state index in [9.17, 15) is 60.7 Å². The SMILES string of the molecule is C=C(CCC1(O)OC2CC3C4CC=C5CC(O)CC(OC6OCC(OC(=O)C(O)C(C)CC)C(OC(C)=O)C6OC6OC(C)C(O)C(O)C6O)C5(C)C4CCC3(C)C2C1C)COC1OC(CO)C(O)C(O)C1O. The van der Waals surface area contributed by atoms with Gasteiger partial charge in [-0.15, -0.1) is 0 Å². The van der Waals surface area contributed by atoms with Gasteiger partial charge in [-0.3, -0.25) is 4.79 Å². The molecular weight excluding hydrogens is 961 g/mol. The third kappa shape index (κ3) is 10.6.